The Kier molecular flexibility index (Phi) is 4.11. The Morgan fingerprint density at radius 2 is 2.08 bits per heavy atom. The van der Waals surface area contributed by atoms with Crippen LogP contribution in [0.25, 0.3) is 0 Å². The van der Waals surface area contributed by atoms with E-state index in [0.29, 0.717) is 30.2 Å². The van der Waals surface area contributed by atoms with Crippen LogP contribution in [-0.4, -0.2) is 41.9 Å². The smallest absolute Gasteiger partial charge is 0.340 e. The molecule has 4 rings (SSSR count). The lowest BCUT2D eigenvalue weighted by molar-refractivity contribution is 0.135. The monoisotopic (exact) mass is 353 g/mol. The van der Waals surface area contributed by atoms with Gasteiger partial charge in [-0.1, -0.05) is 30.3 Å². The van der Waals surface area contributed by atoms with E-state index in [9.17, 15) is 9.18 Å². The number of carbonyl (C=O) groups is 1. The van der Waals surface area contributed by atoms with Crippen molar-refractivity contribution in [2.24, 2.45) is 11.0 Å². The molecule has 6 heteroatoms. The van der Waals surface area contributed by atoms with Crippen LogP contribution < -0.4 is 4.74 Å². The van der Waals surface area contributed by atoms with Crippen molar-refractivity contribution < 1.29 is 13.9 Å². The fourth-order valence-corrected chi connectivity index (χ4v) is 3.50. The number of carbonyl (C=O) groups excluding carboxylic acids is 1. The van der Waals surface area contributed by atoms with Gasteiger partial charge in [0.05, 0.1) is 24.3 Å². The molecule has 0 spiro atoms. The van der Waals surface area contributed by atoms with Gasteiger partial charge in [0.25, 0.3) is 0 Å². The van der Waals surface area contributed by atoms with Gasteiger partial charge in [-0.2, -0.15) is 5.10 Å². The van der Waals surface area contributed by atoms with Gasteiger partial charge in [-0.05, 0) is 30.7 Å². The number of hydrogen-bond donors (Lipinski definition) is 0. The summed E-state index contributed by atoms with van der Waals surface area (Å²) >= 11 is 0. The third-order valence-corrected chi connectivity index (χ3v) is 4.99. The summed E-state index contributed by atoms with van der Waals surface area (Å²) in [5, 5.41) is 6.15. The number of ether oxygens (including phenoxy) is 1. The molecule has 2 heterocycles. The molecule has 5 nitrogen and oxygen atoms in total. The lowest BCUT2D eigenvalue weighted by Crippen LogP contribution is -2.41. The predicted molar refractivity (Wildman–Crippen MR) is 96.6 cm³/mol. The van der Waals surface area contributed by atoms with Crippen LogP contribution in [0.15, 0.2) is 53.6 Å². The number of amides is 2. The normalized spacial score (nSPS) is 20.7. The average molecular weight is 353 g/mol. The van der Waals surface area contributed by atoms with Gasteiger partial charge < -0.3 is 9.64 Å². The summed E-state index contributed by atoms with van der Waals surface area (Å²) in [4.78, 5) is 14.5. The Bertz CT molecular complexity index is 869. The zero-order chi connectivity index (χ0) is 18.3. The highest BCUT2D eigenvalue weighted by Gasteiger charge is 2.45. The Hall–Kier alpha value is -2.89. The van der Waals surface area contributed by atoms with Gasteiger partial charge >= 0.3 is 6.03 Å². The fourth-order valence-electron chi connectivity index (χ4n) is 3.50. The van der Waals surface area contributed by atoms with Crippen LogP contribution >= 0.6 is 0 Å². The number of hydrogen-bond acceptors (Lipinski definition) is 3. The summed E-state index contributed by atoms with van der Waals surface area (Å²) in [6.07, 6.45) is 0. The molecule has 2 amide bonds. The topological polar surface area (TPSA) is 45.1 Å². The highest BCUT2D eigenvalue weighted by atomic mass is 19.1. The number of urea groups is 1. The first-order valence-electron chi connectivity index (χ1n) is 8.70. The molecule has 134 valence electrons. The first kappa shape index (κ1) is 16.6. The molecule has 26 heavy (non-hydrogen) atoms. The van der Waals surface area contributed by atoms with Crippen molar-refractivity contribution in [2.45, 2.75) is 13.0 Å². The molecule has 0 saturated carbocycles. The lowest BCUT2D eigenvalue weighted by Gasteiger charge is -2.31. The highest BCUT2D eigenvalue weighted by molar-refractivity contribution is 6.07. The van der Waals surface area contributed by atoms with Crippen molar-refractivity contribution in [3.63, 3.8) is 0 Å². The minimum absolute atomic E-state index is 0.138. The van der Waals surface area contributed by atoms with E-state index in [1.165, 1.54) is 17.1 Å². The van der Waals surface area contributed by atoms with Crippen molar-refractivity contribution in [2.75, 3.05) is 20.2 Å². The van der Waals surface area contributed by atoms with Crippen molar-refractivity contribution >= 4 is 11.7 Å². The maximum atomic E-state index is 13.8. The molecule has 0 bridgehead atoms. The van der Waals surface area contributed by atoms with Crippen molar-refractivity contribution in [1.82, 2.24) is 9.91 Å². The molecule has 0 saturated heterocycles. The maximum Gasteiger partial charge on any atom is 0.340 e. The van der Waals surface area contributed by atoms with E-state index >= 15 is 0 Å². The van der Waals surface area contributed by atoms with E-state index < -0.39 is 0 Å². The first-order chi connectivity index (χ1) is 12.6. The maximum absolute atomic E-state index is 13.8. The van der Waals surface area contributed by atoms with Crippen LogP contribution in [0.2, 0.25) is 0 Å². The summed E-state index contributed by atoms with van der Waals surface area (Å²) in [6.45, 7) is 2.89. The standard InChI is InChI=1S/C20H20FN3O2/c1-3-23(2)20(25)24-19(13-7-5-4-6-8-13)16-12-26-17-10-9-14(21)11-15(17)18(16)22-24/h4-11,16,19H,3,12H2,1-2H3/t16-,19-/m1/s1. The third kappa shape index (κ3) is 2.62. The average Bonchev–Trinajstić information content (AvgIpc) is 3.07. The molecule has 0 aliphatic carbocycles. The third-order valence-electron chi connectivity index (χ3n) is 4.99. The minimum Gasteiger partial charge on any atom is -0.492 e. The number of hydrazone groups is 1. The zero-order valence-corrected chi connectivity index (χ0v) is 14.7. The Morgan fingerprint density at radius 1 is 1.31 bits per heavy atom. The second-order valence-electron chi connectivity index (χ2n) is 6.54. The fraction of sp³-hybridized carbons (Fsp3) is 0.300. The Balaban J connectivity index is 1.81. The van der Waals surface area contributed by atoms with Gasteiger partial charge in [0.1, 0.15) is 11.6 Å². The summed E-state index contributed by atoms with van der Waals surface area (Å²) in [5.41, 5.74) is 2.31. The van der Waals surface area contributed by atoms with Crippen LogP contribution in [0.5, 0.6) is 5.75 Å². The molecule has 0 fully saturated rings. The number of nitrogens with zero attached hydrogens (tertiary/aromatic N) is 3. The van der Waals surface area contributed by atoms with Crippen molar-refractivity contribution in [3.05, 3.63) is 65.5 Å². The zero-order valence-electron chi connectivity index (χ0n) is 14.7. The van der Waals surface area contributed by atoms with Gasteiger partial charge in [0.2, 0.25) is 0 Å². The molecular weight excluding hydrogens is 333 g/mol. The van der Waals surface area contributed by atoms with Crippen LogP contribution in [0.3, 0.4) is 0 Å². The SMILES string of the molecule is CCN(C)C(=O)N1N=C2c3cc(F)ccc3OC[C@H]2[C@H]1c1ccccc1. The predicted octanol–water partition coefficient (Wildman–Crippen LogP) is 3.67. The van der Waals surface area contributed by atoms with Gasteiger partial charge in [-0.25, -0.2) is 14.2 Å². The number of fused-ring (bicyclic) bond motifs is 3. The Morgan fingerprint density at radius 3 is 2.81 bits per heavy atom. The molecule has 2 aliphatic heterocycles. The van der Waals surface area contributed by atoms with E-state index in [1.807, 2.05) is 37.3 Å². The van der Waals surface area contributed by atoms with Gasteiger partial charge in [-0.3, -0.25) is 0 Å². The lowest BCUT2D eigenvalue weighted by atomic mass is 9.86. The van der Waals surface area contributed by atoms with E-state index in [2.05, 4.69) is 5.10 Å². The van der Waals surface area contributed by atoms with E-state index in [0.717, 1.165) is 5.56 Å². The number of halogens is 1. The van der Waals surface area contributed by atoms with Crippen LogP contribution in [0.4, 0.5) is 9.18 Å². The molecule has 2 aromatic rings. The van der Waals surface area contributed by atoms with E-state index in [1.54, 1.807) is 18.0 Å². The molecule has 0 aromatic heterocycles. The molecule has 2 aromatic carbocycles. The first-order valence-corrected chi connectivity index (χ1v) is 8.70. The molecule has 2 atom stereocenters. The number of rotatable bonds is 2. The summed E-state index contributed by atoms with van der Waals surface area (Å²) in [6, 6.07) is 13.7. The quantitative estimate of drug-likeness (QED) is 0.827. The van der Waals surface area contributed by atoms with Crippen molar-refractivity contribution in [1.29, 1.82) is 0 Å². The summed E-state index contributed by atoms with van der Waals surface area (Å²) in [5.74, 6) is 0.120. The van der Waals surface area contributed by atoms with Gasteiger partial charge in [0, 0.05) is 19.2 Å². The second-order valence-corrected chi connectivity index (χ2v) is 6.54. The van der Waals surface area contributed by atoms with Gasteiger partial charge in [-0.15, -0.1) is 0 Å². The Labute approximate surface area is 151 Å². The van der Waals surface area contributed by atoms with Crippen LogP contribution in [-0.2, 0) is 0 Å². The van der Waals surface area contributed by atoms with E-state index in [-0.39, 0.29) is 23.8 Å². The molecule has 0 unspecified atom stereocenters. The second kappa shape index (κ2) is 6.44. The summed E-state index contributed by atoms with van der Waals surface area (Å²) in [7, 11) is 1.75. The largest absolute Gasteiger partial charge is 0.492 e. The van der Waals surface area contributed by atoms with Gasteiger partial charge in [0.15, 0.2) is 0 Å². The summed E-state index contributed by atoms with van der Waals surface area (Å²) < 4.78 is 19.7. The van der Waals surface area contributed by atoms with Crippen molar-refractivity contribution in [3.8, 4) is 5.75 Å². The molecular formula is C20H20FN3O2. The van der Waals surface area contributed by atoms with Crippen LogP contribution in [0, 0.1) is 11.7 Å². The van der Waals surface area contributed by atoms with Crippen LogP contribution in [0.1, 0.15) is 24.1 Å². The molecule has 0 radical (unpaired) electrons. The molecule has 0 N–H and O–H groups in total. The minimum atomic E-state index is -0.345. The number of benzene rings is 2. The highest BCUT2D eigenvalue weighted by Crippen LogP contribution is 2.42. The van der Waals surface area contributed by atoms with E-state index in [4.69, 9.17) is 4.74 Å². The molecule has 2 aliphatic rings.